The van der Waals surface area contributed by atoms with E-state index in [0.717, 1.165) is 16.6 Å². The molecule has 1 fully saturated rings. The van der Waals surface area contributed by atoms with Crippen LogP contribution < -0.4 is 5.46 Å². The van der Waals surface area contributed by atoms with Crippen LogP contribution in [0, 0.1) is 0 Å². The van der Waals surface area contributed by atoms with E-state index in [4.69, 9.17) is 14.0 Å². The molecule has 2 unspecified atom stereocenters. The van der Waals surface area contributed by atoms with E-state index >= 15 is 0 Å². The van der Waals surface area contributed by atoms with Gasteiger partial charge in [0.05, 0.1) is 11.2 Å². The maximum absolute atomic E-state index is 13.6. The fraction of sp³-hybridized carbons (Fsp3) is 0.409. The summed E-state index contributed by atoms with van der Waals surface area (Å²) in [7, 11) is -0.420. The third kappa shape index (κ3) is 3.35. The second kappa shape index (κ2) is 7.01. The molecule has 0 aromatic heterocycles. The van der Waals surface area contributed by atoms with E-state index in [1.807, 2.05) is 82.3 Å². The summed E-state index contributed by atoms with van der Waals surface area (Å²) in [6, 6.07) is 16.8. The van der Waals surface area contributed by atoms with Crippen LogP contribution in [0.1, 0.15) is 44.9 Å². The summed E-state index contributed by atoms with van der Waals surface area (Å²) < 4.78 is 31.8. The van der Waals surface area contributed by atoms with Crippen molar-refractivity contribution in [3.63, 3.8) is 0 Å². The largest absolute Gasteiger partial charge is 0.494 e. The molecule has 2 aliphatic heterocycles. The smallest absolute Gasteiger partial charge is 0.467 e. The third-order valence-corrected chi connectivity index (χ3v) is 5.84. The fourth-order valence-electron chi connectivity index (χ4n) is 3.40. The van der Waals surface area contributed by atoms with E-state index < -0.39 is 25.9 Å². The highest BCUT2D eigenvalue weighted by molar-refractivity contribution is 6.62. The SMILES string of the molecule is CC1(C)OB(c2ccc(C3OC(c4ccccc4)=NC3CF)cc2)OC1(C)C. The van der Waals surface area contributed by atoms with E-state index in [2.05, 4.69) is 4.99 Å². The Morgan fingerprint density at radius 3 is 2.11 bits per heavy atom. The summed E-state index contributed by atoms with van der Waals surface area (Å²) in [5.74, 6) is 0.489. The molecule has 2 aliphatic rings. The molecule has 4 rings (SSSR count). The van der Waals surface area contributed by atoms with Gasteiger partial charge in [-0.1, -0.05) is 42.5 Å². The third-order valence-electron chi connectivity index (χ3n) is 5.84. The minimum Gasteiger partial charge on any atom is -0.467 e. The zero-order valence-electron chi connectivity index (χ0n) is 16.7. The van der Waals surface area contributed by atoms with Crippen LogP contribution in [-0.4, -0.2) is 36.9 Å². The lowest BCUT2D eigenvalue weighted by atomic mass is 9.78. The number of halogens is 1. The first-order valence-electron chi connectivity index (χ1n) is 9.62. The Labute approximate surface area is 165 Å². The van der Waals surface area contributed by atoms with Crippen LogP contribution >= 0.6 is 0 Å². The molecule has 0 N–H and O–H groups in total. The average molecular weight is 381 g/mol. The summed E-state index contributed by atoms with van der Waals surface area (Å²) in [4.78, 5) is 4.44. The highest BCUT2D eigenvalue weighted by Crippen LogP contribution is 2.37. The standard InChI is InChI=1S/C22H25BFNO3/c1-21(2)22(3,4)28-23(27-21)17-12-10-15(11-13-17)19-18(14-24)25-20(26-19)16-8-6-5-7-9-16/h5-13,18-19H,14H2,1-4H3. The molecule has 0 spiro atoms. The van der Waals surface area contributed by atoms with Gasteiger partial charge in [-0.25, -0.2) is 9.38 Å². The average Bonchev–Trinajstić information content (AvgIpc) is 3.21. The second-order valence-electron chi connectivity index (χ2n) is 8.32. The molecule has 28 heavy (non-hydrogen) atoms. The summed E-state index contributed by atoms with van der Waals surface area (Å²) in [5, 5.41) is 0. The van der Waals surface area contributed by atoms with Crippen LogP contribution in [0.25, 0.3) is 0 Å². The van der Waals surface area contributed by atoms with Crippen molar-refractivity contribution in [2.45, 2.75) is 51.0 Å². The topological polar surface area (TPSA) is 40.0 Å². The van der Waals surface area contributed by atoms with Crippen molar-refractivity contribution < 1.29 is 18.4 Å². The van der Waals surface area contributed by atoms with Crippen molar-refractivity contribution in [3.8, 4) is 0 Å². The molecular weight excluding hydrogens is 356 g/mol. The van der Waals surface area contributed by atoms with Gasteiger partial charge in [0.1, 0.15) is 12.7 Å². The molecule has 0 aliphatic carbocycles. The normalized spacial score (nSPS) is 25.5. The molecule has 2 aromatic rings. The van der Waals surface area contributed by atoms with Crippen LogP contribution in [0.5, 0.6) is 0 Å². The Morgan fingerprint density at radius 2 is 1.54 bits per heavy atom. The van der Waals surface area contributed by atoms with Gasteiger partial charge in [-0.05, 0) is 50.9 Å². The zero-order valence-corrected chi connectivity index (χ0v) is 16.7. The van der Waals surface area contributed by atoms with Crippen molar-refractivity contribution in [2.24, 2.45) is 4.99 Å². The Bertz CT molecular complexity index is 851. The maximum Gasteiger partial charge on any atom is 0.494 e. The summed E-state index contributed by atoms with van der Waals surface area (Å²) in [5.41, 5.74) is 1.90. The number of ether oxygens (including phenoxy) is 1. The number of benzene rings is 2. The van der Waals surface area contributed by atoms with Gasteiger partial charge in [0, 0.05) is 5.56 Å². The van der Waals surface area contributed by atoms with E-state index in [9.17, 15) is 4.39 Å². The highest BCUT2D eigenvalue weighted by Gasteiger charge is 2.51. The quantitative estimate of drug-likeness (QED) is 0.756. The Kier molecular flexibility index (Phi) is 4.80. The Hall–Kier alpha value is -2.18. The molecule has 0 radical (unpaired) electrons. The van der Waals surface area contributed by atoms with Gasteiger partial charge in [0.25, 0.3) is 0 Å². The van der Waals surface area contributed by atoms with E-state index in [0.29, 0.717) is 5.90 Å². The van der Waals surface area contributed by atoms with Gasteiger partial charge in [-0.3, -0.25) is 0 Å². The molecule has 2 heterocycles. The van der Waals surface area contributed by atoms with Crippen molar-refractivity contribution in [1.82, 2.24) is 0 Å². The predicted molar refractivity (Wildman–Crippen MR) is 109 cm³/mol. The lowest BCUT2D eigenvalue weighted by Crippen LogP contribution is -2.41. The molecule has 146 valence electrons. The van der Waals surface area contributed by atoms with Crippen LogP contribution in [0.4, 0.5) is 4.39 Å². The summed E-state index contributed by atoms with van der Waals surface area (Å²) in [6.07, 6.45) is -0.437. The first-order valence-corrected chi connectivity index (χ1v) is 9.62. The van der Waals surface area contributed by atoms with Crippen molar-refractivity contribution in [3.05, 3.63) is 65.7 Å². The first kappa shape index (κ1) is 19.2. The van der Waals surface area contributed by atoms with E-state index in [1.165, 1.54) is 0 Å². The van der Waals surface area contributed by atoms with Crippen LogP contribution in [-0.2, 0) is 14.0 Å². The van der Waals surface area contributed by atoms with Crippen LogP contribution in [0.3, 0.4) is 0 Å². The van der Waals surface area contributed by atoms with Crippen molar-refractivity contribution >= 4 is 18.5 Å². The first-order chi connectivity index (χ1) is 13.3. The number of hydrogen-bond acceptors (Lipinski definition) is 4. The number of aliphatic imine (C=N–C) groups is 1. The van der Waals surface area contributed by atoms with Crippen LogP contribution in [0.15, 0.2) is 59.6 Å². The monoisotopic (exact) mass is 381 g/mol. The Balaban J connectivity index is 1.52. The molecule has 1 saturated heterocycles. The Morgan fingerprint density at radius 1 is 0.929 bits per heavy atom. The van der Waals surface area contributed by atoms with Gasteiger partial charge in [0.2, 0.25) is 5.90 Å². The number of hydrogen-bond donors (Lipinski definition) is 0. The molecular formula is C22H25BFNO3. The lowest BCUT2D eigenvalue weighted by molar-refractivity contribution is 0.00578. The molecule has 2 atom stereocenters. The molecule has 0 saturated carbocycles. The molecule has 6 heteroatoms. The molecule has 2 aromatic carbocycles. The highest BCUT2D eigenvalue weighted by atomic mass is 19.1. The number of rotatable bonds is 4. The molecule has 4 nitrogen and oxygen atoms in total. The lowest BCUT2D eigenvalue weighted by Gasteiger charge is -2.32. The maximum atomic E-state index is 13.6. The second-order valence-corrected chi connectivity index (χ2v) is 8.32. The summed E-state index contributed by atoms with van der Waals surface area (Å²) in [6.45, 7) is 7.55. The van der Waals surface area contributed by atoms with E-state index in [1.54, 1.807) is 0 Å². The van der Waals surface area contributed by atoms with Gasteiger partial charge in [-0.15, -0.1) is 0 Å². The van der Waals surface area contributed by atoms with Crippen molar-refractivity contribution in [1.29, 1.82) is 0 Å². The zero-order chi connectivity index (χ0) is 19.9. The van der Waals surface area contributed by atoms with Gasteiger partial charge < -0.3 is 14.0 Å². The number of alkyl halides is 1. The minimum atomic E-state index is -0.569. The predicted octanol–water partition coefficient (Wildman–Crippen LogP) is 3.84. The van der Waals surface area contributed by atoms with E-state index in [-0.39, 0.29) is 11.2 Å². The molecule has 0 amide bonds. The van der Waals surface area contributed by atoms with Gasteiger partial charge in [0.15, 0.2) is 6.10 Å². The van der Waals surface area contributed by atoms with Gasteiger partial charge in [-0.2, -0.15) is 0 Å². The molecule has 0 bridgehead atoms. The number of nitrogens with zero attached hydrogens (tertiary/aromatic N) is 1. The summed E-state index contributed by atoms with van der Waals surface area (Å²) >= 11 is 0. The van der Waals surface area contributed by atoms with Crippen molar-refractivity contribution in [2.75, 3.05) is 6.67 Å². The minimum absolute atomic E-state index is 0.386. The van der Waals surface area contributed by atoms with Crippen LogP contribution in [0.2, 0.25) is 0 Å². The fourth-order valence-corrected chi connectivity index (χ4v) is 3.40. The van der Waals surface area contributed by atoms with Gasteiger partial charge >= 0.3 is 7.12 Å².